The Bertz CT molecular complexity index is 1380. The monoisotopic (exact) mass is 501 g/mol. The molecule has 1 heterocycles. The fourth-order valence-corrected chi connectivity index (χ4v) is 4.38. The lowest BCUT2D eigenvalue weighted by Gasteiger charge is -2.26. The van der Waals surface area contributed by atoms with Crippen molar-refractivity contribution in [3.8, 4) is 11.5 Å². The molecular weight excluding hydrogens is 474 g/mol. The standard InChI is InChI=1S/C29H27NO7/c1-17(2)37-21-8-6-7-19(16-21)27(33)25-26(22-9-4-5-10-23(22)36-3)30(29(35)28(25)34)20-13-11-18(12-14-20)15-24(31)32/h4-14,16-17,26,33H,15H2,1-3H3,(H,31,32)/b27-25+. The van der Waals surface area contributed by atoms with E-state index in [1.54, 1.807) is 72.8 Å². The second-order valence-corrected chi connectivity index (χ2v) is 8.84. The highest BCUT2D eigenvalue weighted by molar-refractivity contribution is 6.51. The lowest BCUT2D eigenvalue weighted by atomic mass is 9.94. The van der Waals surface area contributed by atoms with Crippen LogP contribution in [0.25, 0.3) is 5.76 Å². The zero-order valence-corrected chi connectivity index (χ0v) is 20.7. The summed E-state index contributed by atoms with van der Waals surface area (Å²) in [6.45, 7) is 3.75. The molecule has 0 bridgehead atoms. The van der Waals surface area contributed by atoms with E-state index >= 15 is 0 Å². The zero-order valence-electron chi connectivity index (χ0n) is 20.7. The number of para-hydroxylation sites is 1. The Morgan fingerprint density at radius 2 is 1.68 bits per heavy atom. The number of rotatable bonds is 8. The number of hydrogen-bond acceptors (Lipinski definition) is 6. The molecule has 8 nitrogen and oxygen atoms in total. The first-order chi connectivity index (χ1) is 17.7. The highest BCUT2D eigenvalue weighted by Crippen LogP contribution is 2.45. The summed E-state index contributed by atoms with van der Waals surface area (Å²) in [5.74, 6) is -2.04. The number of ether oxygens (including phenoxy) is 2. The maximum atomic E-state index is 13.4. The predicted molar refractivity (Wildman–Crippen MR) is 138 cm³/mol. The molecule has 1 atom stereocenters. The third-order valence-corrected chi connectivity index (χ3v) is 5.93. The quantitative estimate of drug-likeness (QED) is 0.260. The third kappa shape index (κ3) is 5.18. The molecule has 0 saturated carbocycles. The van der Waals surface area contributed by atoms with Gasteiger partial charge in [0.25, 0.3) is 11.7 Å². The molecule has 1 saturated heterocycles. The van der Waals surface area contributed by atoms with Gasteiger partial charge in [0.05, 0.1) is 31.2 Å². The number of carbonyl (C=O) groups excluding carboxylic acids is 2. The Kier molecular flexibility index (Phi) is 7.29. The van der Waals surface area contributed by atoms with Gasteiger partial charge in [0.1, 0.15) is 17.3 Å². The number of hydrogen-bond donors (Lipinski definition) is 2. The summed E-state index contributed by atoms with van der Waals surface area (Å²) in [5, 5.41) is 20.5. The van der Waals surface area contributed by atoms with Gasteiger partial charge in [0, 0.05) is 16.8 Å². The van der Waals surface area contributed by atoms with Crippen molar-refractivity contribution < 1.29 is 34.1 Å². The zero-order chi connectivity index (χ0) is 26.7. The molecule has 2 N–H and O–H groups in total. The first kappa shape index (κ1) is 25.5. The van der Waals surface area contributed by atoms with Crippen molar-refractivity contribution in [2.45, 2.75) is 32.4 Å². The minimum Gasteiger partial charge on any atom is -0.507 e. The number of Topliss-reactive ketones (excluding diaryl/α,β-unsaturated/α-hetero) is 1. The number of methoxy groups -OCH3 is 1. The van der Waals surface area contributed by atoms with Crippen LogP contribution in [0.15, 0.2) is 78.4 Å². The molecular formula is C29H27NO7. The fourth-order valence-electron chi connectivity index (χ4n) is 4.38. The van der Waals surface area contributed by atoms with Gasteiger partial charge in [-0.1, -0.05) is 42.5 Å². The number of aliphatic hydroxyl groups is 1. The molecule has 3 aromatic carbocycles. The topological polar surface area (TPSA) is 113 Å². The summed E-state index contributed by atoms with van der Waals surface area (Å²) < 4.78 is 11.3. The summed E-state index contributed by atoms with van der Waals surface area (Å²) in [6.07, 6.45) is -0.273. The van der Waals surface area contributed by atoms with Crippen LogP contribution in [0.4, 0.5) is 5.69 Å². The van der Waals surface area contributed by atoms with Gasteiger partial charge in [-0.25, -0.2) is 0 Å². The van der Waals surface area contributed by atoms with Gasteiger partial charge in [-0.05, 0) is 49.7 Å². The Balaban J connectivity index is 1.89. The number of ketones is 1. The molecule has 0 aliphatic carbocycles. The van der Waals surface area contributed by atoms with Crippen LogP contribution in [0.2, 0.25) is 0 Å². The SMILES string of the molecule is COc1ccccc1C1/C(=C(\O)c2cccc(OC(C)C)c2)C(=O)C(=O)N1c1ccc(CC(=O)O)cc1. The number of aliphatic hydroxyl groups excluding tert-OH is 1. The summed E-state index contributed by atoms with van der Waals surface area (Å²) in [5.41, 5.74) is 1.67. The predicted octanol–water partition coefficient (Wildman–Crippen LogP) is 4.74. The van der Waals surface area contributed by atoms with E-state index in [1.165, 1.54) is 12.0 Å². The smallest absolute Gasteiger partial charge is 0.307 e. The van der Waals surface area contributed by atoms with E-state index in [2.05, 4.69) is 0 Å². The summed E-state index contributed by atoms with van der Waals surface area (Å²) in [4.78, 5) is 39.2. The van der Waals surface area contributed by atoms with Crippen molar-refractivity contribution in [3.05, 3.63) is 95.1 Å². The van der Waals surface area contributed by atoms with Gasteiger partial charge in [0.2, 0.25) is 0 Å². The minimum absolute atomic E-state index is 0.0918. The van der Waals surface area contributed by atoms with Crippen molar-refractivity contribution in [1.82, 2.24) is 0 Å². The van der Waals surface area contributed by atoms with E-state index in [4.69, 9.17) is 14.6 Å². The molecule has 3 aromatic rings. The van der Waals surface area contributed by atoms with Gasteiger partial charge in [0.15, 0.2) is 0 Å². The third-order valence-electron chi connectivity index (χ3n) is 5.93. The highest BCUT2D eigenvalue weighted by atomic mass is 16.5. The molecule has 1 aliphatic heterocycles. The number of amides is 1. The average Bonchev–Trinajstić information content (AvgIpc) is 3.13. The van der Waals surface area contributed by atoms with Gasteiger partial charge < -0.3 is 19.7 Å². The molecule has 0 spiro atoms. The van der Waals surface area contributed by atoms with E-state index in [9.17, 15) is 19.5 Å². The minimum atomic E-state index is -0.990. The number of carbonyl (C=O) groups is 3. The molecule has 8 heteroatoms. The van der Waals surface area contributed by atoms with E-state index < -0.39 is 23.7 Å². The van der Waals surface area contributed by atoms with Crippen molar-refractivity contribution in [2.75, 3.05) is 12.0 Å². The number of carboxylic acid groups (broad SMARTS) is 1. The maximum absolute atomic E-state index is 13.4. The molecule has 0 radical (unpaired) electrons. The summed E-state index contributed by atoms with van der Waals surface area (Å²) in [6, 6.07) is 19.0. The van der Waals surface area contributed by atoms with Crippen LogP contribution in [0, 0.1) is 0 Å². The molecule has 1 amide bonds. The second kappa shape index (κ2) is 10.6. The maximum Gasteiger partial charge on any atom is 0.307 e. The summed E-state index contributed by atoms with van der Waals surface area (Å²) in [7, 11) is 1.48. The molecule has 37 heavy (non-hydrogen) atoms. The first-order valence-electron chi connectivity index (χ1n) is 11.7. The van der Waals surface area contributed by atoms with Crippen molar-refractivity contribution in [3.63, 3.8) is 0 Å². The van der Waals surface area contributed by atoms with Gasteiger partial charge >= 0.3 is 5.97 Å². The molecule has 190 valence electrons. The number of benzene rings is 3. The van der Waals surface area contributed by atoms with Gasteiger partial charge in [-0.2, -0.15) is 0 Å². The average molecular weight is 502 g/mol. The molecule has 1 unspecified atom stereocenters. The van der Waals surface area contributed by atoms with Crippen molar-refractivity contribution in [1.29, 1.82) is 0 Å². The van der Waals surface area contributed by atoms with Crippen LogP contribution in [0.5, 0.6) is 11.5 Å². The Labute approximate surface area is 214 Å². The van der Waals surface area contributed by atoms with Crippen LogP contribution in [-0.2, 0) is 20.8 Å². The van der Waals surface area contributed by atoms with E-state index in [0.29, 0.717) is 33.9 Å². The number of anilines is 1. The van der Waals surface area contributed by atoms with Crippen LogP contribution in [-0.4, -0.2) is 41.1 Å². The normalized spacial score (nSPS) is 16.8. The van der Waals surface area contributed by atoms with Crippen LogP contribution >= 0.6 is 0 Å². The number of carboxylic acids is 1. The van der Waals surface area contributed by atoms with Gasteiger partial charge in [-0.3, -0.25) is 19.3 Å². The largest absolute Gasteiger partial charge is 0.507 e. The van der Waals surface area contributed by atoms with Crippen LogP contribution in [0.1, 0.15) is 36.6 Å². The number of aliphatic carboxylic acids is 1. The van der Waals surface area contributed by atoms with E-state index in [1.807, 2.05) is 13.8 Å². The van der Waals surface area contributed by atoms with Crippen molar-refractivity contribution in [2.24, 2.45) is 0 Å². The van der Waals surface area contributed by atoms with Crippen LogP contribution in [0.3, 0.4) is 0 Å². The van der Waals surface area contributed by atoms with E-state index in [-0.39, 0.29) is 23.9 Å². The first-order valence-corrected chi connectivity index (χ1v) is 11.7. The molecule has 0 aromatic heterocycles. The Hall–Kier alpha value is -4.59. The molecule has 1 fully saturated rings. The molecule has 1 aliphatic rings. The second-order valence-electron chi connectivity index (χ2n) is 8.84. The van der Waals surface area contributed by atoms with Gasteiger partial charge in [-0.15, -0.1) is 0 Å². The highest BCUT2D eigenvalue weighted by Gasteiger charge is 2.47. The van der Waals surface area contributed by atoms with E-state index in [0.717, 1.165) is 0 Å². The number of nitrogens with zero attached hydrogens (tertiary/aromatic N) is 1. The van der Waals surface area contributed by atoms with Crippen LogP contribution < -0.4 is 14.4 Å². The Morgan fingerprint density at radius 1 is 0.973 bits per heavy atom. The fraction of sp³-hybridized carbons (Fsp3) is 0.207. The Morgan fingerprint density at radius 3 is 2.32 bits per heavy atom. The lowest BCUT2D eigenvalue weighted by Crippen LogP contribution is -2.29. The lowest BCUT2D eigenvalue weighted by molar-refractivity contribution is -0.136. The summed E-state index contributed by atoms with van der Waals surface area (Å²) >= 11 is 0. The molecule has 4 rings (SSSR count). The van der Waals surface area contributed by atoms with Crippen molar-refractivity contribution >= 4 is 29.1 Å².